The third-order valence-corrected chi connectivity index (χ3v) is 5.99. The highest BCUT2D eigenvalue weighted by Crippen LogP contribution is 2.44. The highest BCUT2D eigenvalue weighted by Gasteiger charge is 2.42. The fourth-order valence-electron chi connectivity index (χ4n) is 4.54. The fourth-order valence-corrected chi connectivity index (χ4v) is 4.54. The summed E-state index contributed by atoms with van der Waals surface area (Å²) in [6.45, 7) is -2.85. The number of carboxylic acid groups (broad SMARTS) is 1. The average Bonchev–Trinajstić information content (AvgIpc) is 3.38. The maximum atomic E-state index is 12.9. The summed E-state index contributed by atoms with van der Waals surface area (Å²) in [6, 6.07) is 14.6. The van der Waals surface area contributed by atoms with Crippen LogP contribution in [0.5, 0.6) is 0 Å². The molecule has 0 unspecified atom stereocenters. The van der Waals surface area contributed by atoms with Crippen molar-refractivity contribution in [1.82, 2.24) is 10.2 Å². The number of amides is 2. The summed E-state index contributed by atoms with van der Waals surface area (Å²) in [6.07, 6.45) is -6.93. The molecule has 2 amide bonds. The standard InChI is InChI=1S/C24H23F3N2O6/c25-24(26,27)13-29(11-20(30)31)22(32)21-19(9-10-34-21)28-23(33)35-12-18-16-7-3-1-5-14(16)15-6-2-4-8-17(15)18/h1-8,18-19,21H,9-13H2,(H,28,33)(H,30,31)/t19-,21+/m1/s1. The largest absolute Gasteiger partial charge is 0.480 e. The second-order valence-corrected chi connectivity index (χ2v) is 8.36. The van der Waals surface area contributed by atoms with Crippen LogP contribution in [-0.4, -0.2) is 72.6 Å². The number of carbonyl (C=O) groups is 3. The van der Waals surface area contributed by atoms with E-state index in [1.807, 2.05) is 48.5 Å². The van der Waals surface area contributed by atoms with Gasteiger partial charge >= 0.3 is 18.2 Å². The molecule has 4 rings (SSSR count). The molecule has 1 aliphatic heterocycles. The lowest BCUT2D eigenvalue weighted by Crippen LogP contribution is -2.52. The number of hydrogen-bond acceptors (Lipinski definition) is 5. The van der Waals surface area contributed by atoms with Crippen LogP contribution in [0.25, 0.3) is 11.1 Å². The number of alkyl halides is 3. The van der Waals surface area contributed by atoms with Gasteiger partial charge < -0.3 is 24.8 Å². The zero-order valence-corrected chi connectivity index (χ0v) is 18.5. The normalized spacial score (nSPS) is 19.1. The quantitative estimate of drug-likeness (QED) is 0.615. The fraction of sp³-hybridized carbons (Fsp3) is 0.375. The number of nitrogens with one attached hydrogen (secondary N) is 1. The Labute approximate surface area is 198 Å². The summed E-state index contributed by atoms with van der Waals surface area (Å²) in [5.41, 5.74) is 4.12. The molecule has 0 radical (unpaired) electrons. The van der Waals surface area contributed by atoms with Crippen LogP contribution in [-0.2, 0) is 19.1 Å². The first kappa shape index (κ1) is 24.5. The van der Waals surface area contributed by atoms with Crippen molar-refractivity contribution in [1.29, 1.82) is 0 Å². The van der Waals surface area contributed by atoms with Crippen molar-refractivity contribution < 1.29 is 42.1 Å². The van der Waals surface area contributed by atoms with Crippen LogP contribution in [0.2, 0.25) is 0 Å². The van der Waals surface area contributed by atoms with Gasteiger partial charge in [0.2, 0.25) is 0 Å². The molecule has 35 heavy (non-hydrogen) atoms. The van der Waals surface area contributed by atoms with Gasteiger partial charge in [-0.05, 0) is 28.7 Å². The van der Waals surface area contributed by atoms with Gasteiger partial charge in [-0.2, -0.15) is 13.2 Å². The average molecular weight is 492 g/mol. The minimum absolute atomic E-state index is 0.0116. The number of alkyl carbamates (subject to hydrolysis) is 1. The molecule has 1 fully saturated rings. The molecular weight excluding hydrogens is 469 g/mol. The van der Waals surface area contributed by atoms with E-state index in [0.717, 1.165) is 22.3 Å². The second-order valence-electron chi connectivity index (χ2n) is 8.36. The summed E-state index contributed by atoms with van der Waals surface area (Å²) in [7, 11) is 0. The zero-order valence-electron chi connectivity index (χ0n) is 18.5. The van der Waals surface area contributed by atoms with Gasteiger partial charge in [0.1, 0.15) is 19.7 Å². The molecular formula is C24H23F3N2O6. The zero-order chi connectivity index (χ0) is 25.2. The number of benzene rings is 2. The van der Waals surface area contributed by atoms with E-state index >= 15 is 0 Å². The summed E-state index contributed by atoms with van der Waals surface area (Å²) >= 11 is 0. The minimum atomic E-state index is -4.79. The van der Waals surface area contributed by atoms with Crippen LogP contribution in [0.3, 0.4) is 0 Å². The Balaban J connectivity index is 1.40. The smallest absolute Gasteiger partial charge is 0.407 e. The number of ether oxygens (including phenoxy) is 2. The molecule has 2 aromatic rings. The van der Waals surface area contributed by atoms with Gasteiger partial charge in [0, 0.05) is 12.5 Å². The number of hydrogen-bond donors (Lipinski definition) is 2. The van der Waals surface area contributed by atoms with Crippen molar-refractivity contribution in [2.24, 2.45) is 0 Å². The lowest BCUT2D eigenvalue weighted by atomic mass is 9.98. The van der Waals surface area contributed by atoms with Gasteiger partial charge in [-0.15, -0.1) is 0 Å². The van der Waals surface area contributed by atoms with Gasteiger partial charge in [-0.1, -0.05) is 48.5 Å². The van der Waals surface area contributed by atoms with Crippen LogP contribution in [0.15, 0.2) is 48.5 Å². The van der Waals surface area contributed by atoms with Crippen LogP contribution >= 0.6 is 0 Å². The van der Waals surface area contributed by atoms with Crippen LogP contribution in [0, 0.1) is 0 Å². The summed E-state index contributed by atoms with van der Waals surface area (Å²) in [4.78, 5) is 36.3. The van der Waals surface area contributed by atoms with Crippen LogP contribution in [0.4, 0.5) is 18.0 Å². The Bertz CT molecular complexity index is 1080. The van der Waals surface area contributed by atoms with Crippen molar-refractivity contribution >= 4 is 18.0 Å². The second kappa shape index (κ2) is 9.95. The van der Waals surface area contributed by atoms with E-state index in [1.54, 1.807) is 0 Å². The topological polar surface area (TPSA) is 105 Å². The maximum absolute atomic E-state index is 12.9. The van der Waals surface area contributed by atoms with Crippen molar-refractivity contribution in [3.05, 3.63) is 59.7 Å². The van der Waals surface area contributed by atoms with Crippen LogP contribution in [0.1, 0.15) is 23.5 Å². The molecule has 0 saturated carbocycles. The predicted molar refractivity (Wildman–Crippen MR) is 117 cm³/mol. The maximum Gasteiger partial charge on any atom is 0.407 e. The van der Waals surface area contributed by atoms with Gasteiger partial charge in [-0.3, -0.25) is 9.59 Å². The third kappa shape index (κ3) is 5.56. The lowest BCUT2D eigenvalue weighted by Gasteiger charge is -2.27. The predicted octanol–water partition coefficient (Wildman–Crippen LogP) is 3.16. The van der Waals surface area contributed by atoms with Crippen LogP contribution < -0.4 is 5.32 Å². The van der Waals surface area contributed by atoms with Crippen molar-refractivity contribution in [2.45, 2.75) is 30.7 Å². The number of halogens is 3. The molecule has 1 aliphatic carbocycles. The number of aliphatic carboxylic acids is 1. The number of rotatable bonds is 7. The molecule has 1 saturated heterocycles. The van der Waals surface area contributed by atoms with E-state index in [1.165, 1.54) is 0 Å². The molecule has 0 aromatic heterocycles. The van der Waals surface area contributed by atoms with Gasteiger partial charge in [0.15, 0.2) is 6.10 Å². The Kier molecular flexibility index (Phi) is 6.97. The molecule has 0 spiro atoms. The van der Waals surface area contributed by atoms with E-state index in [-0.39, 0.29) is 30.5 Å². The highest BCUT2D eigenvalue weighted by molar-refractivity contribution is 5.86. The van der Waals surface area contributed by atoms with E-state index in [2.05, 4.69) is 5.32 Å². The molecule has 11 heteroatoms. The minimum Gasteiger partial charge on any atom is -0.480 e. The highest BCUT2D eigenvalue weighted by atomic mass is 19.4. The molecule has 2 N–H and O–H groups in total. The third-order valence-electron chi connectivity index (χ3n) is 5.99. The monoisotopic (exact) mass is 492 g/mol. The Morgan fingerprint density at radius 2 is 1.66 bits per heavy atom. The Morgan fingerprint density at radius 1 is 1.06 bits per heavy atom. The van der Waals surface area contributed by atoms with Crippen molar-refractivity contribution in [3.63, 3.8) is 0 Å². The van der Waals surface area contributed by atoms with Gasteiger partial charge in [-0.25, -0.2) is 4.79 Å². The molecule has 2 atom stereocenters. The molecule has 2 aromatic carbocycles. The first-order valence-corrected chi connectivity index (χ1v) is 10.9. The Hall–Kier alpha value is -3.60. The molecule has 2 aliphatic rings. The summed E-state index contributed by atoms with van der Waals surface area (Å²) in [5, 5.41) is 11.4. The molecule has 186 valence electrons. The number of carbonyl (C=O) groups excluding carboxylic acids is 2. The van der Waals surface area contributed by atoms with E-state index in [9.17, 15) is 27.6 Å². The van der Waals surface area contributed by atoms with Crippen molar-refractivity contribution in [3.8, 4) is 11.1 Å². The van der Waals surface area contributed by atoms with E-state index in [4.69, 9.17) is 14.6 Å². The first-order valence-electron chi connectivity index (χ1n) is 10.9. The van der Waals surface area contributed by atoms with Crippen molar-refractivity contribution in [2.75, 3.05) is 26.3 Å². The van der Waals surface area contributed by atoms with E-state index < -0.39 is 49.4 Å². The Morgan fingerprint density at radius 3 is 2.23 bits per heavy atom. The molecule has 8 nitrogen and oxygen atoms in total. The molecule has 1 heterocycles. The van der Waals surface area contributed by atoms with E-state index in [0.29, 0.717) is 0 Å². The van der Waals surface area contributed by atoms with Gasteiger partial charge in [0.25, 0.3) is 5.91 Å². The van der Waals surface area contributed by atoms with Gasteiger partial charge in [0.05, 0.1) is 6.04 Å². The summed E-state index contributed by atoms with van der Waals surface area (Å²) < 4.78 is 49.2. The number of fused-ring (bicyclic) bond motifs is 3. The lowest BCUT2D eigenvalue weighted by molar-refractivity contribution is -0.171. The SMILES string of the molecule is O=C(O)CN(CC(F)(F)F)C(=O)[C@H]1OCC[C@H]1NC(=O)OCC1c2ccccc2-c2ccccc21. The molecule has 0 bridgehead atoms. The number of nitrogens with zero attached hydrogens (tertiary/aromatic N) is 1. The number of carboxylic acids is 1. The summed E-state index contributed by atoms with van der Waals surface area (Å²) in [5.74, 6) is -2.95. The first-order chi connectivity index (χ1) is 16.6.